The molecular formula is C27H25Cl2F2N3O5S. The number of morpholine rings is 1. The monoisotopic (exact) mass is 611 g/mol. The summed E-state index contributed by atoms with van der Waals surface area (Å²) in [5.74, 6) is -1.16. The quantitative estimate of drug-likeness (QED) is 0.326. The molecule has 8 nitrogen and oxygen atoms in total. The molecule has 2 atom stereocenters. The normalized spacial score (nSPS) is 16.3. The third-order valence-corrected chi connectivity index (χ3v) is 8.68. The summed E-state index contributed by atoms with van der Waals surface area (Å²) in [6.45, 7) is 6.14. The molecule has 1 aliphatic rings. The smallest absolute Gasteiger partial charge is 0.412 e. The van der Waals surface area contributed by atoms with E-state index in [0.717, 1.165) is 18.2 Å². The summed E-state index contributed by atoms with van der Waals surface area (Å²) in [6, 6.07) is 9.40. The van der Waals surface area contributed by atoms with Crippen molar-refractivity contribution in [2.24, 2.45) is 0 Å². The number of carbonyl (C=O) groups excluding carboxylic acids is 1. The molecule has 0 radical (unpaired) electrons. The number of ether oxygens (including phenoxy) is 2. The van der Waals surface area contributed by atoms with E-state index in [1.165, 1.54) is 43.5 Å². The second kappa shape index (κ2) is 12.5. The maximum absolute atomic E-state index is 15.1. The van der Waals surface area contributed by atoms with Gasteiger partial charge in [0.25, 0.3) is 0 Å². The van der Waals surface area contributed by atoms with Gasteiger partial charge in [-0.05, 0) is 61.0 Å². The first kappa shape index (κ1) is 29.7. The highest BCUT2D eigenvalue weighted by Crippen LogP contribution is 2.41. The van der Waals surface area contributed by atoms with Crippen molar-refractivity contribution in [3.8, 4) is 0 Å². The predicted octanol–water partition coefficient (Wildman–Crippen LogP) is 5.69. The molecule has 2 unspecified atom stereocenters. The number of pyridine rings is 1. The highest BCUT2D eigenvalue weighted by atomic mass is 35.5. The molecular weight excluding hydrogens is 587 g/mol. The van der Waals surface area contributed by atoms with E-state index in [4.69, 9.17) is 32.7 Å². The summed E-state index contributed by atoms with van der Waals surface area (Å²) < 4.78 is 67.8. The topological polar surface area (TPSA) is 97.8 Å². The van der Waals surface area contributed by atoms with Crippen molar-refractivity contribution < 1.29 is 31.5 Å². The van der Waals surface area contributed by atoms with Crippen LogP contribution < -0.4 is 10.2 Å². The molecule has 0 saturated carbocycles. The van der Waals surface area contributed by atoms with Gasteiger partial charge in [0.2, 0.25) is 0 Å². The van der Waals surface area contributed by atoms with Crippen LogP contribution in [-0.4, -0.2) is 51.8 Å². The lowest BCUT2D eigenvalue weighted by molar-refractivity contribution is 0.0403. The highest BCUT2D eigenvalue weighted by Gasteiger charge is 2.36. The van der Waals surface area contributed by atoms with Crippen LogP contribution in [0.4, 0.5) is 19.4 Å². The van der Waals surface area contributed by atoms with Crippen LogP contribution in [0.25, 0.3) is 0 Å². The average Bonchev–Trinajstić information content (AvgIpc) is 2.90. The first-order valence-corrected chi connectivity index (χ1v) is 14.3. The van der Waals surface area contributed by atoms with E-state index in [2.05, 4.69) is 16.9 Å². The molecule has 13 heteroatoms. The summed E-state index contributed by atoms with van der Waals surface area (Å²) in [4.78, 5) is 17.8. The first-order valence-electron chi connectivity index (χ1n) is 12.0. The number of carbonyl (C=O) groups is 1. The molecule has 1 N–H and O–H groups in total. The van der Waals surface area contributed by atoms with E-state index in [9.17, 15) is 17.6 Å². The molecule has 3 aromatic rings. The number of nitrogens with one attached hydrogen (secondary N) is 1. The van der Waals surface area contributed by atoms with E-state index >= 15 is 4.39 Å². The van der Waals surface area contributed by atoms with Crippen LogP contribution in [0.3, 0.4) is 0 Å². The molecule has 0 spiro atoms. The van der Waals surface area contributed by atoms with Gasteiger partial charge in [-0.15, -0.1) is 0 Å². The maximum Gasteiger partial charge on any atom is 0.412 e. The lowest BCUT2D eigenvalue weighted by Gasteiger charge is -2.34. The van der Waals surface area contributed by atoms with Crippen molar-refractivity contribution in [2.75, 3.05) is 31.1 Å². The van der Waals surface area contributed by atoms with Gasteiger partial charge in [0.05, 0.1) is 28.4 Å². The van der Waals surface area contributed by atoms with Crippen LogP contribution in [0.5, 0.6) is 0 Å². The Hall–Kier alpha value is -3.25. The van der Waals surface area contributed by atoms with Crippen molar-refractivity contribution in [1.29, 1.82) is 0 Å². The molecule has 0 aliphatic carbocycles. The van der Waals surface area contributed by atoms with Crippen LogP contribution in [0.15, 0.2) is 72.0 Å². The Kier molecular flexibility index (Phi) is 9.29. The van der Waals surface area contributed by atoms with E-state index in [0.29, 0.717) is 17.4 Å². The summed E-state index contributed by atoms with van der Waals surface area (Å²) in [5, 5.41) is 1.14. The molecule has 40 heavy (non-hydrogen) atoms. The number of benzene rings is 2. The minimum absolute atomic E-state index is 0.0114. The number of nitrogens with zero attached hydrogens (tertiary/aromatic N) is 2. The van der Waals surface area contributed by atoms with Gasteiger partial charge in [-0.2, -0.15) is 0 Å². The van der Waals surface area contributed by atoms with Gasteiger partial charge in [0.15, 0.2) is 9.84 Å². The molecule has 4 rings (SSSR count). The van der Waals surface area contributed by atoms with Gasteiger partial charge in [-0.25, -0.2) is 27.0 Å². The van der Waals surface area contributed by atoms with Crippen molar-refractivity contribution in [3.05, 3.63) is 99.9 Å². The molecule has 1 aromatic heterocycles. The van der Waals surface area contributed by atoms with Crippen molar-refractivity contribution in [2.45, 2.75) is 23.2 Å². The minimum atomic E-state index is -4.36. The van der Waals surface area contributed by atoms with Gasteiger partial charge in [-0.1, -0.05) is 29.8 Å². The number of aromatic nitrogens is 1. The Morgan fingerprint density at radius 3 is 2.62 bits per heavy atom. The first-order chi connectivity index (χ1) is 19.0. The number of sulfone groups is 1. The Morgan fingerprint density at radius 1 is 1.20 bits per heavy atom. The van der Waals surface area contributed by atoms with Crippen LogP contribution in [0, 0.1) is 11.6 Å². The van der Waals surface area contributed by atoms with Crippen LogP contribution in [0.2, 0.25) is 10.0 Å². The van der Waals surface area contributed by atoms with Crippen LogP contribution in [0.1, 0.15) is 23.3 Å². The number of alkyl carbamates (subject to hydrolysis) is 1. The molecule has 2 heterocycles. The van der Waals surface area contributed by atoms with Crippen LogP contribution in [-0.2, 0) is 19.3 Å². The zero-order valence-corrected chi connectivity index (χ0v) is 23.6. The molecule has 1 amide bonds. The van der Waals surface area contributed by atoms with Gasteiger partial charge < -0.3 is 19.7 Å². The zero-order valence-electron chi connectivity index (χ0n) is 21.2. The summed E-state index contributed by atoms with van der Waals surface area (Å²) in [7, 11) is -4.36. The van der Waals surface area contributed by atoms with E-state index < -0.39 is 44.5 Å². The molecule has 212 valence electrons. The number of amides is 1. The Labute approximate surface area is 240 Å². The third-order valence-electron chi connectivity index (χ3n) is 6.05. The third kappa shape index (κ3) is 6.90. The minimum Gasteiger partial charge on any atom is -0.416 e. The van der Waals surface area contributed by atoms with Gasteiger partial charge in [0.1, 0.15) is 22.7 Å². The fourth-order valence-corrected chi connectivity index (χ4v) is 6.47. The number of hydrogen-bond donors (Lipinski definition) is 1. The van der Waals surface area contributed by atoms with E-state index in [-0.39, 0.29) is 40.9 Å². The fourth-order valence-electron chi connectivity index (χ4n) is 4.24. The Morgan fingerprint density at radius 2 is 1.93 bits per heavy atom. The van der Waals surface area contributed by atoms with Crippen molar-refractivity contribution >= 4 is 45.0 Å². The molecule has 2 aromatic carbocycles. The SMILES string of the molecule is C=C(C)OC(=O)NCC1CN(c2cc(C(c3cc(F)ccc3F)S(=O)(=O)c3ccc(Cl)cc3)c(Cl)cn2)CCO1. The van der Waals surface area contributed by atoms with Gasteiger partial charge in [-0.3, -0.25) is 0 Å². The number of anilines is 1. The second-order valence-electron chi connectivity index (χ2n) is 9.02. The standard InChI is InChI=1S/C27H25Cl2F2N3O5S/c1-16(2)39-27(35)33-13-19-15-34(9-10-38-19)25-12-21(23(29)14-32-25)26(22-11-18(30)5-8-24(22)31)40(36,37)20-6-3-17(28)4-7-20/h3-8,11-12,14,19,26H,1,9-10,13,15H2,2H3,(H,33,35). The van der Waals surface area contributed by atoms with Crippen molar-refractivity contribution in [1.82, 2.24) is 10.3 Å². The Balaban J connectivity index is 1.71. The summed E-state index contributed by atoms with van der Waals surface area (Å²) >= 11 is 12.4. The number of rotatable bonds is 8. The largest absolute Gasteiger partial charge is 0.416 e. The van der Waals surface area contributed by atoms with Crippen molar-refractivity contribution in [3.63, 3.8) is 0 Å². The van der Waals surface area contributed by atoms with Gasteiger partial charge in [0, 0.05) is 36.4 Å². The highest BCUT2D eigenvalue weighted by molar-refractivity contribution is 7.92. The number of allylic oxidation sites excluding steroid dienone is 1. The molecule has 1 fully saturated rings. The Bertz CT molecular complexity index is 1520. The molecule has 0 bridgehead atoms. The zero-order chi connectivity index (χ0) is 29.0. The fraction of sp³-hybridized carbons (Fsp3) is 0.259. The van der Waals surface area contributed by atoms with Crippen LogP contribution >= 0.6 is 23.2 Å². The predicted molar refractivity (Wildman–Crippen MR) is 147 cm³/mol. The average molecular weight is 612 g/mol. The summed E-state index contributed by atoms with van der Waals surface area (Å²) in [5.41, 5.74) is -0.397. The second-order valence-corrected chi connectivity index (χ2v) is 11.9. The lowest BCUT2D eigenvalue weighted by Crippen LogP contribution is -2.48. The molecule has 1 aliphatic heterocycles. The van der Waals surface area contributed by atoms with Gasteiger partial charge >= 0.3 is 6.09 Å². The lowest BCUT2D eigenvalue weighted by atomic mass is 10.0. The number of hydrogen-bond acceptors (Lipinski definition) is 7. The van der Waals surface area contributed by atoms with E-state index in [1.807, 2.05) is 4.90 Å². The number of halogens is 4. The molecule has 1 saturated heterocycles. The maximum atomic E-state index is 15.1. The van der Waals surface area contributed by atoms with E-state index in [1.54, 1.807) is 0 Å². The summed E-state index contributed by atoms with van der Waals surface area (Å²) in [6.07, 6.45) is 0.148.